The van der Waals surface area contributed by atoms with Gasteiger partial charge in [-0.15, -0.1) is 0 Å². The molecule has 0 unspecified atom stereocenters. The lowest BCUT2D eigenvalue weighted by molar-refractivity contribution is -0.137. The van der Waals surface area contributed by atoms with Gasteiger partial charge in [0, 0.05) is 16.8 Å². The fourth-order valence-electron chi connectivity index (χ4n) is 2.53. The van der Waals surface area contributed by atoms with Gasteiger partial charge < -0.3 is 9.62 Å². The minimum Gasteiger partial charge on any atom is -0.324 e. The van der Waals surface area contributed by atoms with Crippen LogP contribution in [0.1, 0.15) is 11.3 Å². The number of hydrogen-bond acceptors (Lipinski definition) is 4. The number of fused-ring (bicyclic) bond motifs is 1. The Balaban J connectivity index is 1.85. The van der Waals surface area contributed by atoms with E-state index in [0.29, 0.717) is 11.4 Å². The molecule has 0 spiro atoms. The van der Waals surface area contributed by atoms with Crippen LogP contribution in [0.4, 0.5) is 18.9 Å². The zero-order valence-electron chi connectivity index (χ0n) is 14.3. The standard InChI is InChI=1S/C19H18F3N3S/c1-25(2)12-15-10-9-13-5-3-8-17(18(13)23-15)24-26-16-7-4-6-14(11-16)19(20,21)22/h3-11,24H,12H2,1-2H3. The predicted octanol–water partition coefficient (Wildman–Crippen LogP) is 5.43. The third kappa shape index (κ3) is 4.47. The summed E-state index contributed by atoms with van der Waals surface area (Å²) in [5.41, 5.74) is 1.84. The Morgan fingerprint density at radius 2 is 1.81 bits per heavy atom. The average Bonchev–Trinajstić information content (AvgIpc) is 2.59. The van der Waals surface area contributed by atoms with Crippen LogP contribution >= 0.6 is 11.9 Å². The van der Waals surface area contributed by atoms with Crippen LogP contribution in [-0.4, -0.2) is 24.0 Å². The molecule has 0 fully saturated rings. The molecule has 0 aliphatic carbocycles. The molecule has 0 saturated carbocycles. The Hall–Kier alpha value is -2.25. The lowest BCUT2D eigenvalue weighted by Gasteiger charge is -2.13. The van der Waals surface area contributed by atoms with Crippen molar-refractivity contribution in [2.24, 2.45) is 0 Å². The van der Waals surface area contributed by atoms with E-state index in [1.165, 1.54) is 6.07 Å². The zero-order chi connectivity index (χ0) is 18.7. The summed E-state index contributed by atoms with van der Waals surface area (Å²) in [6.45, 7) is 0.713. The molecule has 0 atom stereocenters. The maximum atomic E-state index is 12.8. The first kappa shape index (κ1) is 18.5. The minimum atomic E-state index is -4.35. The molecular weight excluding hydrogens is 359 g/mol. The maximum absolute atomic E-state index is 12.8. The fraction of sp³-hybridized carbons (Fsp3) is 0.211. The van der Waals surface area contributed by atoms with Gasteiger partial charge >= 0.3 is 6.18 Å². The highest BCUT2D eigenvalue weighted by atomic mass is 32.2. The van der Waals surface area contributed by atoms with Gasteiger partial charge in [-0.05, 0) is 56.4 Å². The second kappa shape index (κ2) is 7.55. The van der Waals surface area contributed by atoms with E-state index in [1.54, 1.807) is 6.07 Å². The van der Waals surface area contributed by atoms with Gasteiger partial charge in [0.2, 0.25) is 0 Å². The SMILES string of the molecule is CN(C)Cc1ccc2cccc(NSc3cccc(C(F)(F)F)c3)c2n1. The molecule has 0 radical (unpaired) electrons. The zero-order valence-corrected chi connectivity index (χ0v) is 15.2. The number of rotatable bonds is 5. The Kier molecular flexibility index (Phi) is 5.38. The number of pyridine rings is 1. The van der Waals surface area contributed by atoms with Gasteiger partial charge in [0.25, 0.3) is 0 Å². The van der Waals surface area contributed by atoms with Gasteiger partial charge in [0.15, 0.2) is 0 Å². The first-order valence-corrected chi connectivity index (χ1v) is 8.78. The average molecular weight is 377 g/mol. The Morgan fingerprint density at radius 3 is 2.54 bits per heavy atom. The molecule has 0 aliphatic rings. The van der Waals surface area contributed by atoms with Crippen LogP contribution in [-0.2, 0) is 12.7 Å². The van der Waals surface area contributed by atoms with Crippen molar-refractivity contribution in [3.8, 4) is 0 Å². The number of nitrogens with zero attached hydrogens (tertiary/aromatic N) is 2. The molecule has 26 heavy (non-hydrogen) atoms. The Labute approximate surface area is 154 Å². The summed E-state index contributed by atoms with van der Waals surface area (Å²) in [6.07, 6.45) is -4.35. The summed E-state index contributed by atoms with van der Waals surface area (Å²) in [4.78, 5) is 7.20. The normalized spacial score (nSPS) is 11.9. The number of nitrogens with one attached hydrogen (secondary N) is 1. The quantitative estimate of drug-likeness (QED) is 0.600. The predicted molar refractivity (Wildman–Crippen MR) is 100 cm³/mol. The molecule has 3 aromatic rings. The van der Waals surface area contributed by atoms with Crippen LogP contribution in [0.5, 0.6) is 0 Å². The van der Waals surface area contributed by atoms with Crippen molar-refractivity contribution in [1.29, 1.82) is 0 Å². The van der Waals surface area contributed by atoms with Crippen LogP contribution in [0, 0.1) is 0 Å². The Morgan fingerprint density at radius 1 is 1.04 bits per heavy atom. The number of aromatic nitrogens is 1. The lowest BCUT2D eigenvalue weighted by atomic mass is 10.2. The summed E-state index contributed by atoms with van der Waals surface area (Å²) in [5.74, 6) is 0. The van der Waals surface area contributed by atoms with Crippen molar-refractivity contribution < 1.29 is 13.2 Å². The highest BCUT2D eigenvalue weighted by molar-refractivity contribution is 8.00. The number of hydrogen-bond donors (Lipinski definition) is 1. The summed E-state index contributed by atoms with van der Waals surface area (Å²) in [6, 6.07) is 15.0. The summed E-state index contributed by atoms with van der Waals surface area (Å²) >= 11 is 1.14. The maximum Gasteiger partial charge on any atom is 0.416 e. The number of benzene rings is 2. The van der Waals surface area contributed by atoms with E-state index in [4.69, 9.17) is 0 Å². The molecule has 0 bridgehead atoms. The van der Waals surface area contributed by atoms with Crippen molar-refractivity contribution in [2.45, 2.75) is 17.6 Å². The molecule has 1 aromatic heterocycles. The highest BCUT2D eigenvalue weighted by Gasteiger charge is 2.30. The lowest BCUT2D eigenvalue weighted by Crippen LogP contribution is -2.11. The second-order valence-electron chi connectivity index (χ2n) is 6.15. The fourth-order valence-corrected chi connectivity index (χ4v) is 3.26. The Bertz CT molecular complexity index is 910. The molecule has 136 valence electrons. The number of alkyl halides is 3. The molecule has 1 heterocycles. The van der Waals surface area contributed by atoms with E-state index in [9.17, 15) is 13.2 Å². The van der Waals surface area contributed by atoms with E-state index in [-0.39, 0.29) is 0 Å². The van der Waals surface area contributed by atoms with Crippen LogP contribution in [0.3, 0.4) is 0 Å². The van der Waals surface area contributed by atoms with Crippen molar-refractivity contribution in [2.75, 3.05) is 18.8 Å². The third-order valence-electron chi connectivity index (χ3n) is 3.70. The molecule has 3 rings (SSSR count). The molecule has 2 aromatic carbocycles. The number of halogens is 3. The van der Waals surface area contributed by atoms with E-state index in [0.717, 1.165) is 46.4 Å². The van der Waals surface area contributed by atoms with E-state index < -0.39 is 11.7 Å². The van der Waals surface area contributed by atoms with E-state index in [2.05, 4.69) is 9.71 Å². The topological polar surface area (TPSA) is 28.2 Å². The van der Waals surface area contributed by atoms with Gasteiger partial charge in [-0.3, -0.25) is 0 Å². The first-order chi connectivity index (χ1) is 12.3. The van der Waals surface area contributed by atoms with Gasteiger partial charge in [-0.1, -0.05) is 24.3 Å². The molecule has 3 nitrogen and oxygen atoms in total. The molecule has 0 aliphatic heterocycles. The van der Waals surface area contributed by atoms with Crippen molar-refractivity contribution in [3.63, 3.8) is 0 Å². The molecular formula is C19H18F3N3S. The van der Waals surface area contributed by atoms with Crippen LogP contribution in [0.25, 0.3) is 10.9 Å². The first-order valence-electron chi connectivity index (χ1n) is 7.96. The summed E-state index contributed by atoms with van der Waals surface area (Å²) in [7, 11) is 3.94. The van der Waals surface area contributed by atoms with Gasteiger partial charge in [-0.2, -0.15) is 13.2 Å². The minimum absolute atomic E-state index is 0.487. The summed E-state index contributed by atoms with van der Waals surface area (Å²) < 4.78 is 41.7. The number of anilines is 1. The molecule has 7 heteroatoms. The van der Waals surface area contributed by atoms with E-state index in [1.807, 2.05) is 49.3 Å². The van der Waals surface area contributed by atoms with Gasteiger partial charge in [0.05, 0.1) is 22.5 Å². The number of para-hydroxylation sites is 1. The van der Waals surface area contributed by atoms with Crippen LogP contribution < -0.4 is 4.72 Å². The van der Waals surface area contributed by atoms with Crippen molar-refractivity contribution >= 4 is 28.5 Å². The smallest absolute Gasteiger partial charge is 0.324 e. The van der Waals surface area contributed by atoms with Crippen molar-refractivity contribution in [1.82, 2.24) is 9.88 Å². The monoisotopic (exact) mass is 377 g/mol. The van der Waals surface area contributed by atoms with Crippen molar-refractivity contribution in [3.05, 3.63) is 65.9 Å². The second-order valence-corrected chi connectivity index (χ2v) is 7.03. The van der Waals surface area contributed by atoms with Gasteiger partial charge in [-0.25, -0.2) is 4.98 Å². The van der Waals surface area contributed by atoms with E-state index >= 15 is 0 Å². The third-order valence-corrected chi connectivity index (χ3v) is 4.51. The molecule has 1 N–H and O–H groups in total. The highest BCUT2D eigenvalue weighted by Crippen LogP contribution is 2.33. The molecule has 0 saturated heterocycles. The van der Waals surface area contributed by atoms with Gasteiger partial charge in [0.1, 0.15) is 0 Å². The van der Waals surface area contributed by atoms with Crippen LogP contribution in [0.15, 0.2) is 59.5 Å². The molecule has 0 amide bonds. The van der Waals surface area contributed by atoms with Crippen LogP contribution in [0.2, 0.25) is 0 Å². The summed E-state index contributed by atoms with van der Waals surface area (Å²) in [5, 5.41) is 0.974. The largest absolute Gasteiger partial charge is 0.416 e.